The Kier molecular flexibility index (Phi) is 4.93. The average molecular weight is 398 g/mol. The monoisotopic (exact) mass is 397 g/mol. The van der Waals surface area contributed by atoms with Gasteiger partial charge in [-0.1, -0.05) is 13.8 Å². The molecule has 0 aromatic carbocycles. The molecule has 4 aliphatic carbocycles. The summed E-state index contributed by atoms with van der Waals surface area (Å²) in [5.74, 6) is 0.915. The summed E-state index contributed by atoms with van der Waals surface area (Å²) in [4.78, 5) is 0. The molecular weight excluding hydrogens is 363 g/mol. The minimum absolute atomic E-state index is 0. The number of fused-ring (bicyclic) bond motifs is 5. The van der Waals surface area contributed by atoms with Gasteiger partial charge in [0.05, 0.1) is 13.6 Å². The molecule has 0 aromatic heterocycles. The summed E-state index contributed by atoms with van der Waals surface area (Å²) in [6, 6.07) is 0. The van der Waals surface area contributed by atoms with Crippen molar-refractivity contribution >= 4 is 10.4 Å². The van der Waals surface area contributed by atoms with Crippen LogP contribution in [0.5, 0.6) is 0 Å². The van der Waals surface area contributed by atoms with E-state index < -0.39 is 34.4 Å². The smallest absolute Gasteiger partial charge is 0.726 e. The van der Waals surface area contributed by atoms with Crippen molar-refractivity contribution in [1.82, 2.24) is 0 Å². The van der Waals surface area contributed by atoms with Crippen LogP contribution in [0.25, 0.3) is 0 Å². The molecule has 0 aromatic rings. The van der Waals surface area contributed by atoms with Crippen molar-refractivity contribution in [3.8, 4) is 0 Å². The Balaban J connectivity index is 0.00000240. The fraction of sp³-hybridized carbons (Fsp3) is 1.00. The third-order valence-corrected chi connectivity index (χ3v) is 8.80. The van der Waals surface area contributed by atoms with Crippen molar-refractivity contribution < 1.29 is 55.9 Å². The van der Waals surface area contributed by atoms with Gasteiger partial charge < -0.3 is 9.66 Å². The summed E-state index contributed by atoms with van der Waals surface area (Å²) in [6.07, 6.45) is 0.902. The van der Waals surface area contributed by atoms with Crippen molar-refractivity contribution in [2.75, 3.05) is 0 Å². The summed E-state index contributed by atoms with van der Waals surface area (Å²) >= 11 is 0. The molecule has 0 radical (unpaired) electrons. The van der Waals surface area contributed by atoms with Gasteiger partial charge >= 0.3 is 29.6 Å². The third-order valence-electron chi connectivity index (χ3n) is 8.29. The van der Waals surface area contributed by atoms with Gasteiger partial charge in [0.15, 0.2) is 0 Å². The maximum Gasteiger partial charge on any atom is 1.00 e. The summed E-state index contributed by atoms with van der Waals surface area (Å²) < 4.78 is 62.7. The Morgan fingerprint density at radius 1 is 1.12 bits per heavy atom. The number of hydrogen-bond donors (Lipinski definition) is 1. The van der Waals surface area contributed by atoms with E-state index in [2.05, 4.69) is 6.92 Å². The summed E-state index contributed by atoms with van der Waals surface area (Å²) in [5.41, 5.74) is -0.732. The van der Waals surface area contributed by atoms with Crippen LogP contribution in [-0.2, 0) is 14.6 Å². The van der Waals surface area contributed by atoms with Crippen LogP contribution < -0.4 is 29.6 Å². The minimum Gasteiger partial charge on any atom is -0.726 e. The molecule has 0 aliphatic heterocycles. The fourth-order valence-corrected chi connectivity index (χ4v) is 7.38. The first-order chi connectivity index (χ1) is 12.7. The Bertz CT molecular complexity index is 763. The van der Waals surface area contributed by atoms with Crippen LogP contribution in [0.1, 0.15) is 75.7 Å². The predicted octanol–water partition coefficient (Wildman–Crippen LogP) is 0.239. The van der Waals surface area contributed by atoms with Crippen molar-refractivity contribution in [2.45, 2.75) is 83.8 Å². The van der Waals surface area contributed by atoms with Crippen molar-refractivity contribution in [1.29, 1.82) is 0 Å². The second-order valence-corrected chi connectivity index (χ2v) is 10.3. The van der Waals surface area contributed by atoms with E-state index in [1.807, 2.05) is 6.92 Å². The quantitative estimate of drug-likeness (QED) is 0.410. The van der Waals surface area contributed by atoms with E-state index >= 15 is 0 Å². The van der Waals surface area contributed by atoms with E-state index in [0.717, 1.165) is 25.7 Å². The van der Waals surface area contributed by atoms with Gasteiger partial charge in [-0.25, -0.2) is 8.42 Å². The van der Waals surface area contributed by atoms with E-state index in [1.54, 1.807) is 0 Å². The van der Waals surface area contributed by atoms with Crippen LogP contribution in [-0.4, -0.2) is 30.3 Å². The largest absolute Gasteiger partial charge is 1.00 e. The second-order valence-electron chi connectivity index (χ2n) is 9.24. The minimum atomic E-state index is -4.69. The zero-order chi connectivity index (χ0) is 20.8. The van der Waals surface area contributed by atoms with Crippen LogP contribution >= 0.6 is 0 Å². The van der Waals surface area contributed by atoms with Gasteiger partial charge in [0.25, 0.3) is 0 Å². The normalized spacial score (nSPS) is 57.4. The Hall–Kier alpha value is 0.830. The van der Waals surface area contributed by atoms with Crippen LogP contribution in [0.3, 0.4) is 0 Å². The number of rotatable bonds is 2. The van der Waals surface area contributed by atoms with Gasteiger partial charge in [-0.05, 0) is 92.2 Å². The summed E-state index contributed by atoms with van der Waals surface area (Å²) in [5, 5.41) is 10.8. The van der Waals surface area contributed by atoms with Gasteiger partial charge in [-0.2, -0.15) is 0 Å². The van der Waals surface area contributed by atoms with Crippen LogP contribution in [0.15, 0.2) is 0 Å². The van der Waals surface area contributed by atoms with Crippen LogP contribution in [0.4, 0.5) is 0 Å². The van der Waals surface area contributed by atoms with E-state index in [1.165, 1.54) is 0 Å². The SMILES string of the molecule is [2H]C1([2H])CC2C3CC[C@H]4C[C@@H](OS(=O)(=O)[O-])CCC4(C)C3CCC2(C)[C@@]1([2H])O.[Na+]. The van der Waals surface area contributed by atoms with Gasteiger partial charge in [0.1, 0.15) is 0 Å². The standard InChI is InChI=1S/C19H32O5S.Na/c1-18-9-7-13(24-25(21,22)23)11-12(18)3-4-14-15-5-6-17(20)19(15,2)10-8-16(14)18;/h12-17,20H,3-11H2,1-2H3,(H,21,22,23);/q;+1/p-1/t12-,13-,14?,15?,16?,17-,18?,19?;/m0./s1/i6D2,17D;. The van der Waals surface area contributed by atoms with Crippen molar-refractivity contribution in [2.24, 2.45) is 34.5 Å². The topological polar surface area (TPSA) is 86.7 Å². The van der Waals surface area contributed by atoms with E-state index in [9.17, 15) is 18.1 Å². The fourth-order valence-electron chi connectivity index (χ4n) is 6.87. The van der Waals surface area contributed by atoms with E-state index in [0.29, 0.717) is 25.2 Å². The molecular formula is C19H31NaO5S. The molecule has 4 saturated carbocycles. The zero-order valence-electron chi connectivity index (χ0n) is 19.0. The van der Waals surface area contributed by atoms with Crippen molar-refractivity contribution in [3.63, 3.8) is 0 Å². The predicted molar refractivity (Wildman–Crippen MR) is 92.3 cm³/mol. The third kappa shape index (κ3) is 3.46. The van der Waals surface area contributed by atoms with E-state index in [4.69, 9.17) is 8.30 Å². The maximum absolute atomic E-state index is 11.0. The summed E-state index contributed by atoms with van der Waals surface area (Å²) in [7, 11) is -4.69. The van der Waals surface area contributed by atoms with Crippen LogP contribution in [0.2, 0.25) is 0 Å². The van der Waals surface area contributed by atoms with Crippen LogP contribution in [0, 0.1) is 34.5 Å². The molecule has 4 aliphatic rings. The molecule has 144 valence electrons. The Labute approximate surface area is 184 Å². The first-order valence-electron chi connectivity index (χ1n) is 11.1. The second kappa shape index (κ2) is 7.26. The van der Waals surface area contributed by atoms with Gasteiger partial charge in [-0.15, -0.1) is 0 Å². The molecule has 0 spiro atoms. The molecule has 5 nitrogen and oxygen atoms in total. The van der Waals surface area contributed by atoms with E-state index in [-0.39, 0.29) is 59.1 Å². The molecule has 4 fully saturated rings. The molecule has 0 heterocycles. The molecule has 0 amide bonds. The molecule has 7 heteroatoms. The van der Waals surface area contributed by atoms with Gasteiger partial charge in [0.2, 0.25) is 10.4 Å². The average Bonchev–Trinajstić information content (AvgIpc) is 2.70. The number of aliphatic hydroxyl groups is 1. The zero-order valence-corrected chi connectivity index (χ0v) is 18.8. The molecule has 26 heavy (non-hydrogen) atoms. The van der Waals surface area contributed by atoms with Crippen molar-refractivity contribution in [3.05, 3.63) is 0 Å². The molecule has 0 saturated heterocycles. The van der Waals surface area contributed by atoms with Gasteiger partial charge in [-0.3, -0.25) is 4.18 Å². The molecule has 4 rings (SSSR count). The molecule has 8 atom stereocenters. The molecule has 0 bridgehead atoms. The summed E-state index contributed by atoms with van der Waals surface area (Å²) in [6.45, 7) is 4.15. The molecule has 1 N–H and O–H groups in total. The Morgan fingerprint density at radius 2 is 1.77 bits per heavy atom. The molecule has 5 unspecified atom stereocenters. The maximum atomic E-state index is 11.0. The first-order valence-corrected chi connectivity index (χ1v) is 10.9. The number of hydrogen-bond acceptors (Lipinski definition) is 5. The Morgan fingerprint density at radius 3 is 2.46 bits per heavy atom. The van der Waals surface area contributed by atoms with Gasteiger partial charge in [0, 0.05) is 2.74 Å². The first kappa shape index (κ1) is 17.7.